The van der Waals surface area contributed by atoms with Gasteiger partial charge in [-0.2, -0.15) is 0 Å². The fraction of sp³-hybridized carbons (Fsp3) is 0.0714. The number of halogens is 2. The lowest BCUT2D eigenvalue weighted by Crippen LogP contribution is -2.02. The number of benzene rings is 2. The van der Waals surface area contributed by atoms with Crippen molar-refractivity contribution < 1.29 is 4.39 Å². The zero-order valence-corrected chi connectivity index (χ0v) is 10.9. The first kappa shape index (κ1) is 12.0. The molecule has 1 heterocycles. The maximum Gasteiger partial charge on any atom is 0.205 e. The first-order valence-electron chi connectivity index (χ1n) is 5.77. The van der Waals surface area contributed by atoms with Crippen molar-refractivity contribution in [3.05, 3.63) is 52.8 Å². The molecule has 3 aromatic rings. The molecule has 3 rings (SSSR count). The van der Waals surface area contributed by atoms with Crippen LogP contribution in [0, 0.1) is 12.7 Å². The molecule has 0 aliphatic heterocycles. The molecule has 5 heteroatoms. The summed E-state index contributed by atoms with van der Waals surface area (Å²) in [4.78, 5) is 4.23. The summed E-state index contributed by atoms with van der Waals surface area (Å²) >= 11 is 6.12. The third kappa shape index (κ3) is 1.85. The average molecular weight is 276 g/mol. The molecule has 0 atom stereocenters. The van der Waals surface area contributed by atoms with E-state index in [-0.39, 0.29) is 5.82 Å². The highest BCUT2D eigenvalue weighted by Gasteiger charge is 2.13. The van der Waals surface area contributed by atoms with Gasteiger partial charge >= 0.3 is 0 Å². The summed E-state index contributed by atoms with van der Waals surface area (Å²) in [5.74, 6) is -0.0145. The Balaban J connectivity index is 2.39. The Morgan fingerprint density at radius 2 is 2.05 bits per heavy atom. The third-order valence-corrected chi connectivity index (χ3v) is 3.53. The number of nitrogen functional groups attached to an aromatic ring is 1. The van der Waals surface area contributed by atoms with Crippen LogP contribution in [-0.4, -0.2) is 9.55 Å². The second-order valence-corrected chi connectivity index (χ2v) is 4.73. The second kappa shape index (κ2) is 4.24. The van der Waals surface area contributed by atoms with E-state index >= 15 is 0 Å². The fourth-order valence-corrected chi connectivity index (χ4v) is 2.33. The van der Waals surface area contributed by atoms with Crippen molar-refractivity contribution in [1.82, 2.24) is 9.55 Å². The van der Waals surface area contributed by atoms with Crippen LogP contribution in [0.4, 0.5) is 10.3 Å². The largest absolute Gasteiger partial charge is 0.369 e. The second-order valence-electron chi connectivity index (χ2n) is 4.32. The van der Waals surface area contributed by atoms with Gasteiger partial charge in [-0.05, 0) is 36.8 Å². The smallest absolute Gasteiger partial charge is 0.205 e. The van der Waals surface area contributed by atoms with Gasteiger partial charge in [0, 0.05) is 11.1 Å². The van der Waals surface area contributed by atoms with Gasteiger partial charge in [-0.15, -0.1) is 0 Å². The fourth-order valence-electron chi connectivity index (χ4n) is 2.16. The molecule has 0 fully saturated rings. The van der Waals surface area contributed by atoms with Gasteiger partial charge in [0.1, 0.15) is 5.82 Å². The van der Waals surface area contributed by atoms with Crippen LogP contribution in [0.2, 0.25) is 5.02 Å². The number of anilines is 1. The molecule has 0 amide bonds. The minimum absolute atomic E-state index is 0.311. The van der Waals surface area contributed by atoms with Crippen LogP contribution in [0.1, 0.15) is 5.56 Å². The molecule has 19 heavy (non-hydrogen) atoms. The van der Waals surface area contributed by atoms with Crippen molar-refractivity contribution in [1.29, 1.82) is 0 Å². The molecule has 0 saturated carbocycles. The van der Waals surface area contributed by atoms with E-state index in [0.717, 1.165) is 11.3 Å². The van der Waals surface area contributed by atoms with Crippen LogP contribution in [0.3, 0.4) is 0 Å². The summed E-state index contributed by atoms with van der Waals surface area (Å²) in [6.07, 6.45) is 0. The standard InChI is InChI=1S/C14H11ClFN3/c1-8-10(15)3-2-4-12(8)19-13-7-9(16)5-6-11(13)18-14(19)17/h2-7H,1H3,(H2,17,18). The number of nitrogens with two attached hydrogens (primary N) is 1. The van der Waals surface area contributed by atoms with Crippen molar-refractivity contribution in [3.8, 4) is 5.69 Å². The summed E-state index contributed by atoms with van der Waals surface area (Å²) in [5, 5.41) is 0.634. The lowest BCUT2D eigenvalue weighted by Gasteiger charge is -2.11. The zero-order chi connectivity index (χ0) is 13.6. The van der Waals surface area contributed by atoms with E-state index in [0.29, 0.717) is 22.0 Å². The van der Waals surface area contributed by atoms with Crippen molar-refractivity contribution in [3.63, 3.8) is 0 Å². The Morgan fingerprint density at radius 3 is 2.84 bits per heavy atom. The highest BCUT2D eigenvalue weighted by atomic mass is 35.5. The first-order chi connectivity index (χ1) is 9.08. The summed E-state index contributed by atoms with van der Waals surface area (Å²) in [6, 6.07) is 9.90. The molecule has 0 radical (unpaired) electrons. The molecule has 1 aromatic heterocycles. The minimum Gasteiger partial charge on any atom is -0.369 e. The van der Waals surface area contributed by atoms with E-state index < -0.39 is 0 Å². The van der Waals surface area contributed by atoms with Gasteiger partial charge in [0.25, 0.3) is 0 Å². The maximum absolute atomic E-state index is 13.4. The Morgan fingerprint density at radius 1 is 1.26 bits per heavy atom. The van der Waals surface area contributed by atoms with Crippen LogP contribution in [0.15, 0.2) is 36.4 Å². The van der Waals surface area contributed by atoms with Gasteiger partial charge in [0.15, 0.2) is 0 Å². The predicted octanol–water partition coefficient (Wildman–Crippen LogP) is 3.71. The summed E-state index contributed by atoms with van der Waals surface area (Å²) in [6.45, 7) is 1.89. The normalized spacial score (nSPS) is 11.1. The van der Waals surface area contributed by atoms with Crippen molar-refractivity contribution in [2.24, 2.45) is 0 Å². The Labute approximate surface area is 114 Å². The molecular formula is C14H11ClFN3. The van der Waals surface area contributed by atoms with Gasteiger partial charge in [0.05, 0.1) is 16.7 Å². The molecule has 0 aliphatic carbocycles. The van der Waals surface area contributed by atoms with Crippen LogP contribution < -0.4 is 5.73 Å². The van der Waals surface area contributed by atoms with Gasteiger partial charge in [0.2, 0.25) is 5.95 Å². The monoisotopic (exact) mass is 275 g/mol. The van der Waals surface area contributed by atoms with E-state index in [9.17, 15) is 4.39 Å². The van der Waals surface area contributed by atoms with Crippen LogP contribution in [0.5, 0.6) is 0 Å². The van der Waals surface area contributed by atoms with E-state index in [4.69, 9.17) is 17.3 Å². The molecule has 0 spiro atoms. The van der Waals surface area contributed by atoms with Gasteiger partial charge in [-0.1, -0.05) is 17.7 Å². The SMILES string of the molecule is Cc1c(Cl)cccc1-n1c(N)nc2ccc(F)cc21. The van der Waals surface area contributed by atoms with Crippen LogP contribution >= 0.6 is 11.6 Å². The number of fused-ring (bicyclic) bond motifs is 1. The van der Waals surface area contributed by atoms with E-state index in [1.807, 2.05) is 19.1 Å². The van der Waals surface area contributed by atoms with Crippen LogP contribution in [0.25, 0.3) is 16.7 Å². The number of nitrogens with zero attached hydrogens (tertiary/aromatic N) is 2. The molecule has 3 nitrogen and oxygen atoms in total. The number of aromatic nitrogens is 2. The summed E-state index contributed by atoms with van der Waals surface area (Å²) in [7, 11) is 0. The summed E-state index contributed by atoms with van der Waals surface area (Å²) in [5.41, 5.74) is 8.90. The van der Waals surface area contributed by atoms with Crippen molar-refractivity contribution in [2.45, 2.75) is 6.92 Å². The van der Waals surface area contributed by atoms with E-state index in [1.165, 1.54) is 12.1 Å². The van der Waals surface area contributed by atoms with Crippen molar-refractivity contribution in [2.75, 3.05) is 5.73 Å². The number of rotatable bonds is 1. The summed E-state index contributed by atoms with van der Waals surface area (Å²) < 4.78 is 15.1. The van der Waals surface area contributed by atoms with Gasteiger partial charge in [-0.3, -0.25) is 4.57 Å². The molecule has 0 bridgehead atoms. The molecule has 2 aromatic carbocycles. The Bertz CT molecular complexity index is 780. The number of hydrogen-bond acceptors (Lipinski definition) is 2. The molecular weight excluding hydrogens is 265 g/mol. The number of imidazole rings is 1. The van der Waals surface area contributed by atoms with E-state index in [1.54, 1.807) is 16.7 Å². The van der Waals surface area contributed by atoms with Crippen molar-refractivity contribution >= 4 is 28.6 Å². The van der Waals surface area contributed by atoms with E-state index in [2.05, 4.69) is 4.98 Å². The average Bonchev–Trinajstić information content (AvgIpc) is 2.69. The third-order valence-electron chi connectivity index (χ3n) is 3.12. The lowest BCUT2D eigenvalue weighted by atomic mass is 10.2. The molecule has 0 unspecified atom stereocenters. The molecule has 2 N–H and O–H groups in total. The highest BCUT2D eigenvalue weighted by Crippen LogP contribution is 2.28. The topological polar surface area (TPSA) is 43.8 Å². The lowest BCUT2D eigenvalue weighted by molar-refractivity contribution is 0.629. The molecule has 0 saturated heterocycles. The van der Waals surface area contributed by atoms with Gasteiger partial charge in [-0.25, -0.2) is 9.37 Å². The van der Waals surface area contributed by atoms with Gasteiger partial charge < -0.3 is 5.73 Å². The quantitative estimate of drug-likeness (QED) is 0.736. The first-order valence-corrected chi connectivity index (χ1v) is 6.14. The Hall–Kier alpha value is -2.07. The zero-order valence-electron chi connectivity index (χ0n) is 10.2. The Kier molecular flexibility index (Phi) is 2.68. The van der Waals surface area contributed by atoms with Crippen LogP contribution in [-0.2, 0) is 0 Å². The molecule has 0 aliphatic rings. The predicted molar refractivity (Wildman–Crippen MR) is 75.2 cm³/mol. The highest BCUT2D eigenvalue weighted by molar-refractivity contribution is 6.31. The minimum atomic E-state index is -0.326. The molecule has 96 valence electrons. The number of hydrogen-bond donors (Lipinski definition) is 1. The maximum atomic E-state index is 13.4.